The first-order valence-electron chi connectivity index (χ1n) is 5.14. The summed E-state index contributed by atoms with van der Waals surface area (Å²) < 4.78 is 13.9. The molecule has 0 aliphatic carbocycles. The molecule has 1 aliphatic heterocycles. The van der Waals surface area contributed by atoms with E-state index in [-0.39, 0.29) is 0 Å². The Balaban J connectivity index is 2.29. The third kappa shape index (κ3) is 2.74. The lowest BCUT2D eigenvalue weighted by atomic mass is 10.1. The number of alkyl halides is 1. The molecule has 12 heavy (non-hydrogen) atoms. The van der Waals surface area contributed by atoms with Crippen LogP contribution in [-0.4, -0.2) is 37.3 Å². The summed E-state index contributed by atoms with van der Waals surface area (Å²) >= 11 is 0. The molecule has 1 fully saturated rings. The van der Waals surface area contributed by atoms with Crippen LogP contribution in [0.1, 0.15) is 32.6 Å². The maximum absolute atomic E-state index is 12.8. The van der Waals surface area contributed by atoms with E-state index in [0.29, 0.717) is 0 Å². The maximum atomic E-state index is 12.8. The van der Waals surface area contributed by atoms with Crippen molar-refractivity contribution in [2.24, 2.45) is 0 Å². The second-order valence-corrected chi connectivity index (χ2v) is 4.32. The van der Waals surface area contributed by atoms with Crippen LogP contribution < -0.4 is 0 Å². The van der Waals surface area contributed by atoms with Crippen molar-refractivity contribution in [2.45, 2.75) is 38.8 Å². The first-order chi connectivity index (χ1) is 5.66. The zero-order valence-corrected chi connectivity index (χ0v) is 8.35. The molecule has 1 nitrogen and oxygen atoms in total. The second-order valence-electron chi connectivity index (χ2n) is 4.32. The number of quaternary nitrogens is 1. The van der Waals surface area contributed by atoms with E-state index >= 15 is 0 Å². The van der Waals surface area contributed by atoms with Gasteiger partial charge in [-0.25, -0.2) is 4.39 Å². The van der Waals surface area contributed by atoms with Gasteiger partial charge in [-0.3, -0.25) is 0 Å². The molecule has 2 heteroatoms. The van der Waals surface area contributed by atoms with Crippen molar-refractivity contribution in [1.82, 2.24) is 0 Å². The minimum absolute atomic E-state index is 0.516. The number of hydrogen-bond donors (Lipinski definition) is 0. The molecule has 0 aromatic heterocycles. The number of nitrogens with zero attached hydrogens (tertiary/aromatic N) is 1. The van der Waals surface area contributed by atoms with Crippen LogP contribution in [0.15, 0.2) is 0 Å². The highest BCUT2D eigenvalue weighted by molar-refractivity contribution is 4.61. The molecule has 0 N–H and O–H groups in total. The lowest BCUT2D eigenvalue weighted by molar-refractivity contribution is -0.915. The molecule has 0 bridgehead atoms. The van der Waals surface area contributed by atoms with Crippen LogP contribution in [0, 0.1) is 0 Å². The van der Waals surface area contributed by atoms with Crippen LogP contribution in [0.25, 0.3) is 0 Å². The largest absolute Gasteiger partial charge is 0.326 e. The van der Waals surface area contributed by atoms with Gasteiger partial charge in [0.25, 0.3) is 0 Å². The Bertz CT molecular complexity index is 122. The van der Waals surface area contributed by atoms with E-state index in [2.05, 4.69) is 14.0 Å². The molecule has 1 saturated heterocycles. The average Bonchev–Trinajstić information content (AvgIpc) is 2.08. The summed E-state index contributed by atoms with van der Waals surface area (Å²) in [5.74, 6) is 0. The van der Waals surface area contributed by atoms with Gasteiger partial charge in [0.2, 0.25) is 0 Å². The Labute approximate surface area is 75.2 Å². The van der Waals surface area contributed by atoms with E-state index in [1.807, 2.05) is 0 Å². The van der Waals surface area contributed by atoms with Crippen molar-refractivity contribution in [1.29, 1.82) is 0 Å². The molecule has 1 rings (SSSR count). The lowest BCUT2D eigenvalue weighted by Gasteiger charge is -2.38. The molecule has 0 amide bonds. The second kappa shape index (κ2) is 4.22. The predicted octanol–water partition coefficient (Wildman–Crippen LogP) is 2.37. The van der Waals surface area contributed by atoms with Crippen molar-refractivity contribution in [3.63, 3.8) is 0 Å². The fraction of sp³-hybridized carbons (Fsp3) is 1.00. The Morgan fingerprint density at radius 1 is 1.33 bits per heavy atom. The van der Waals surface area contributed by atoms with Crippen molar-refractivity contribution < 1.29 is 8.87 Å². The highest BCUT2D eigenvalue weighted by Crippen LogP contribution is 2.19. The van der Waals surface area contributed by atoms with Gasteiger partial charge in [-0.1, -0.05) is 13.3 Å². The van der Waals surface area contributed by atoms with Gasteiger partial charge in [-0.15, -0.1) is 0 Å². The van der Waals surface area contributed by atoms with Gasteiger partial charge in [0, 0.05) is 12.8 Å². The Hall–Kier alpha value is -0.110. The minimum Gasteiger partial charge on any atom is -0.326 e. The molecular formula is C10H21FN+. The smallest absolute Gasteiger partial charge is 0.111 e. The lowest BCUT2D eigenvalue weighted by Crippen LogP contribution is -2.50. The topological polar surface area (TPSA) is 0 Å². The number of rotatable bonds is 3. The van der Waals surface area contributed by atoms with E-state index in [4.69, 9.17) is 0 Å². The number of hydrogen-bond acceptors (Lipinski definition) is 0. The van der Waals surface area contributed by atoms with Gasteiger partial charge in [-0.2, -0.15) is 0 Å². The van der Waals surface area contributed by atoms with Gasteiger partial charge in [-0.05, 0) is 6.42 Å². The summed E-state index contributed by atoms with van der Waals surface area (Å²) in [4.78, 5) is 0. The van der Waals surface area contributed by atoms with Crippen LogP contribution in [0.2, 0.25) is 0 Å². The molecule has 0 saturated carbocycles. The fourth-order valence-corrected chi connectivity index (χ4v) is 1.92. The zero-order chi connectivity index (χ0) is 9.03. The quantitative estimate of drug-likeness (QED) is 0.576. The Kier molecular flexibility index (Phi) is 3.51. The zero-order valence-electron chi connectivity index (χ0n) is 8.35. The van der Waals surface area contributed by atoms with Crippen LogP contribution in [0.4, 0.5) is 4.39 Å². The van der Waals surface area contributed by atoms with Crippen LogP contribution >= 0.6 is 0 Å². The summed E-state index contributed by atoms with van der Waals surface area (Å²) in [5, 5.41) is 0. The first kappa shape index (κ1) is 9.97. The van der Waals surface area contributed by atoms with Crippen molar-refractivity contribution in [3.05, 3.63) is 0 Å². The summed E-state index contributed by atoms with van der Waals surface area (Å²) in [5.41, 5.74) is 0. The van der Waals surface area contributed by atoms with Gasteiger partial charge in [0.1, 0.15) is 6.17 Å². The number of unbranched alkanes of at least 4 members (excludes halogenated alkanes) is 1. The van der Waals surface area contributed by atoms with Gasteiger partial charge in [0.05, 0.1) is 26.7 Å². The Morgan fingerprint density at radius 3 is 2.42 bits per heavy atom. The van der Waals surface area contributed by atoms with Crippen LogP contribution in [0.3, 0.4) is 0 Å². The number of halogens is 1. The summed E-state index contributed by atoms with van der Waals surface area (Å²) in [7, 11) is 2.27. The summed E-state index contributed by atoms with van der Waals surface area (Å²) in [6, 6.07) is 0. The standard InChI is InChI=1S/C10H21FN/c1-3-4-7-12(2)8-5-10(11)6-9-12/h10H,3-9H2,1-2H3/q+1. The SMILES string of the molecule is CCCC[N+]1(C)CCC(F)CC1. The van der Waals surface area contributed by atoms with E-state index in [1.165, 1.54) is 19.4 Å². The van der Waals surface area contributed by atoms with E-state index in [9.17, 15) is 4.39 Å². The molecule has 0 radical (unpaired) electrons. The molecule has 1 aliphatic rings. The summed E-state index contributed by atoms with van der Waals surface area (Å²) in [6.07, 6.45) is 3.58. The first-order valence-corrected chi connectivity index (χ1v) is 5.14. The molecule has 0 spiro atoms. The van der Waals surface area contributed by atoms with E-state index in [0.717, 1.165) is 30.4 Å². The molecule has 0 aromatic rings. The highest BCUT2D eigenvalue weighted by Gasteiger charge is 2.28. The maximum Gasteiger partial charge on any atom is 0.111 e. The molecule has 0 aromatic carbocycles. The third-order valence-corrected chi connectivity index (χ3v) is 3.02. The minimum atomic E-state index is -0.516. The van der Waals surface area contributed by atoms with E-state index in [1.54, 1.807) is 0 Å². The van der Waals surface area contributed by atoms with Crippen molar-refractivity contribution in [2.75, 3.05) is 26.7 Å². The molecule has 1 heterocycles. The van der Waals surface area contributed by atoms with Crippen molar-refractivity contribution in [3.8, 4) is 0 Å². The van der Waals surface area contributed by atoms with E-state index < -0.39 is 6.17 Å². The number of piperidine rings is 1. The molecular weight excluding hydrogens is 153 g/mol. The molecule has 0 atom stereocenters. The van der Waals surface area contributed by atoms with Gasteiger partial charge in [0.15, 0.2) is 0 Å². The monoisotopic (exact) mass is 174 g/mol. The molecule has 72 valence electrons. The van der Waals surface area contributed by atoms with Crippen molar-refractivity contribution >= 4 is 0 Å². The Morgan fingerprint density at radius 2 is 1.92 bits per heavy atom. The summed E-state index contributed by atoms with van der Waals surface area (Å²) in [6.45, 7) is 5.54. The van der Waals surface area contributed by atoms with Gasteiger partial charge >= 0.3 is 0 Å². The third-order valence-electron chi connectivity index (χ3n) is 3.02. The predicted molar refractivity (Wildman–Crippen MR) is 49.8 cm³/mol. The van der Waals surface area contributed by atoms with Crippen LogP contribution in [0.5, 0.6) is 0 Å². The average molecular weight is 174 g/mol. The normalized spacial score (nSPS) is 36.8. The highest BCUT2D eigenvalue weighted by atomic mass is 19.1. The van der Waals surface area contributed by atoms with Gasteiger partial charge < -0.3 is 4.48 Å². The molecule has 0 unspecified atom stereocenters. The van der Waals surface area contributed by atoms with Crippen LogP contribution in [-0.2, 0) is 0 Å². The fourth-order valence-electron chi connectivity index (χ4n) is 1.92. The number of likely N-dealkylation sites (tertiary alicyclic amines) is 1.